The van der Waals surface area contributed by atoms with Gasteiger partial charge in [0.25, 0.3) is 0 Å². The van der Waals surface area contributed by atoms with Gasteiger partial charge in [0.05, 0.1) is 0 Å². The molecule has 3 rings (SSSR count). The van der Waals surface area contributed by atoms with Crippen LogP contribution in [0, 0.1) is 0 Å². The molecule has 1 aliphatic heterocycles. The molecule has 1 unspecified atom stereocenters. The molecule has 1 fully saturated rings. The maximum absolute atomic E-state index is 12.3. The van der Waals surface area contributed by atoms with E-state index in [-0.39, 0.29) is 18.7 Å². The molecule has 124 valence electrons. The molecule has 0 bridgehead atoms. The zero-order valence-electron chi connectivity index (χ0n) is 12.6. The quantitative estimate of drug-likeness (QED) is 0.405. The van der Waals surface area contributed by atoms with Crippen LogP contribution in [0.5, 0.6) is 0 Å². The number of benzene rings is 2. The van der Waals surface area contributed by atoms with Gasteiger partial charge in [0, 0.05) is 0 Å². The molecule has 0 saturated carbocycles. The van der Waals surface area contributed by atoms with Crippen molar-refractivity contribution in [2.45, 2.75) is 21.3 Å². The summed E-state index contributed by atoms with van der Waals surface area (Å²) >= 11 is 3.75. The van der Waals surface area contributed by atoms with Gasteiger partial charge in [-0.25, -0.2) is 0 Å². The molecule has 3 atom stereocenters. The van der Waals surface area contributed by atoms with Crippen molar-refractivity contribution in [1.29, 1.82) is 0 Å². The maximum atomic E-state index is 12.3. The summed E-state index contributed by atoms with van der Waals surface area (Å²) in [7, 11) is 0. The van der Waals surface area contributed by atoms with E-state index in [1.807, 2.05) is 12.1 Å². The summed E-state index contributed by atoms with van der Waals surface area (Å²) in [6.45, 7) is 0. The zero-order chi connectivity index (χ0) is 16.9. The van der Waals surface area contributed by atoms with Gasteiger partial charge in [-0.05, 0) is 0 Å². The van der Waals surface area contributed by atoms with E-state index in [1.54, 1.807) is 48.5 Å². The Bertz CT molecular complexity index is 707. The summed E-state index contributed by atoms with van der Waals surface area (Å²) < 4.78 is 11.2. The first-order valence-electron chi connectivity index (χ1n) is 7.43. The van der Waals surface area contributed by atoms with E-state index in [0.29, 0.717) is 16.4 Å². The molecule has 2 aromatic rings. The molecule has 24 heavy (non-hydrogen) atoms. The van der Waals surface area contributed by atoms with Crippen molar-refractivity contribution in [2.24, 2.45) is 0 Å². The number of rotatable bonds is 4. The number of hydrogen-bond acceptors (Lipinski definition) is 4. The van der Waals surface area contributed by atoms with E-state index in [1.165, 1.54) is 0 Å². The summed E-state index contributed by atoms with van der Waals surface area (Å²) in [4.78, 5) is 24.5. The van der Waals surface area contributed by atoms with Crippen LogP contribution in [0.3, 0.4) is 0 Å². The molecule has 0 aromatic heterocycles. The molecule has 6 heteroatoms. The molecule has 0 radical (unpaired) electrons. The summed E-state index contributed by atoms with van der Waals surface area (Å²) in [5.74, 6) is -0.790. The normalized spacial score (nSPS) is 22.8. The van der Waals surface area contributed by atoms with Crippen molar-refractivity contribution < 1.29 is 19.1 Å². The van der Waals surface area contributed by atoms with Gasteiger partial charge in [-0.2, -0.15) is 0 Å². The number of halogens is 1. The molecule has 1 heterocycles. The van der Waals surface area contributed by atoms with Crippen LogP contribution in [0.4, 0.5) is 0 Å². The summed E-state index contributed by atoms with van der Waals surface area (Å²) in [6, 6.07) is 17.7. The van der Waals surface area contributed by atoms with Crippen LogP contribution < -0.4 is 0 Å². The van der Waals surface area contributed by atoms with E-state index in [9.17, 15) is 9.59 Å². The van der Waals surface area contributed by atoms with Gasteiger partial charge in [-0.1, -0.05) is 0 Å². The molecular weight excluding hydrogens is 439 g/mol. The average Bonchev–Trinajstić information content (AvgIpc) is 2.96. The summed E-state index contributed by atoms with van der Waals surface area (Å²) in [5.41, 5.74) is 0.987. The molecule has 0 aliphatic carbocycles. The van der Waals surface area contributed by atoms with Crippen molar-refractivity contribution in [2.75, 3.05) is 0 Å². The number of carbonyl (C=O) groups is 2. The molecule has 0 N–H and O–H groups in total. The molecule has 0 amide bonds. The Kier molecular flexibility index (Phi) is 5.71. The van der Waals surface area contributed by atoms with E-state index in [2.05, 4.69) is 15.9 Å². The van der Waals surface area contributed by atoms with Crippen LogP contribution in [0.1, 0.15) is 20.7 Å². The van der Waals surface area contributed by atoms with Crippen LogP contribution in [-0.4, -0.2) is 42.8 Å². The van der Waals surface area contributed by atoms with Crippen molar-refractivity contribution in [1.82, 2.24) is 0 Å². The van der Waals surface area contributed by atoms with Crippen molar-refractivity contribution >= 4 is 42.8 Å². The third-order valence-corrected chi connectivity index (χ3v) is 7.78. The van der Waals surface area contributed by atoms with E-state index < -0.39 is 24.1 Å². The summed E-state index contributed by atoms with van der Waals surface area (Å²) in [5, 5.41) is 0.716. The van der Waals surface area contributed by atoms with Crippen molar-refractivity contribution in [3.8, 4) is 0 Å². The van der Waals surface area contributed by atoms with Crippen LogP contribution >= 0.6 is 15.9 Å². The second-order valence-electron chi connectivity index (χ2n) is 5.23. The fourth-order valence-electron chi connectivity index (χ4n) is 2.32. The van der Waals surface area contributed by atoms with E-state index >= 15 is 0 Å². The van der Waals surface area contributed by atoms with Crippen LogP contribution in [0.15, 0.2) is 60.7 Å². The minimum atomic E-state index is -0.467. The number of carbonyl (C=O) groups excluding carboxylic acids is 2. The van der Waals surface area contributed by atoms with Crippen LogP contribution in [-0.2, 0) is 9.47 Å². The average molecular weight is 454 g/mol. The molecule has 2 aromatic carbocycles. The fourth-order valence-corrected chi connectivity index (χ4v) is 5.77. The monoisotopic (exact) mass is 454 g/mol. The third kappa shape index (κ3) is 4.07. The molecule has 1 saturated heterocycles. The second-order valence-corrected chi connectivity index (χ2v) is 10.0. The third-order valence-electron chi connectivity index (χ3n) is 3.56. The first kappa shape index (κ1) is 17.2. The molecule has 0 spiro atoms. The van der Waals surface area contributed by atoms with E-state index in [0.717, 1.165) is 0 Å². The molecule has 4 nitrogen and oxygen atoms in total. The number of alkyl halides is 1. The van der Waals surface area contributed by atoms with Gasteiger partial charge in [0.15, 0.2) is 0 Å². The fraction of sp³-hybridized carbons (Fsp3) is 0.222. The van der Waals surface area contributed by atoms with Gasteiger partial charge in [-0.3, -0.25) is 0 Å². The Morgan fingerprint density at radius 2 is 1.38 bits per heavy atom. The van der Waals surface area contributed by atoms with Gasteiger partial charge in [0.2, 0.25) is 0 Å². The molecule has 1 aliphatic rings. The first-order chi connectivity index (χ1) is 11.6. The Balaban J connectivity index is 1.67. The van der Waals surface area contributed by atoms with Gasteiger partial charge >= 0.3 is 155 Å². The zero-order valence-corrected chi connectivity index (χ0v) is 15.9. The topological polar surface area (TPSA) is 52.6 Å². The SMILES string of the molecule is O=C(O[C@H]1C[Se]C(Br)[C@@H]1OC(=O)c1ccccc1)c1ccccc1. The van der Waals surface area contributed by atoms with Crippen molar-refractivity contribution in [3.05, 3.63) is 71.8 Å². The minimum absolute atomic E-state index is 0.0336. The number of ether oxygens (including phenoxy) is 2. The van der Waals surface area contributed by atoms with Crippen molar-refractivity contribution in [3.63, 3.8) is 0 Å². The summed E-state index contributed by atoms with van der Waals surface area (Å²) in [6.07, 6.45) is -0.889. The predicted octanol–water partition coefficient (Wildman–Crippen LogP) is 3.29. The second kappa shape index (κ2) is 7.97. The van der Waals surface area contributed by atoms with Crippen LogP contribution in [0.2, 0.25) is 5.32 Å². The van der Waals surface area contributed by atoms with E-state index in [4.69, 9.17) is 9.47 Å². The Morgan fingerprint density at radius 1 is 0.875 bits per heavy atom. The molecular formula is C18H15BrO4Se. The Labute approximate surface area is 154 Å². The van der Waals surface area contributed by atoms with Crippen LogP contribution in [0.25, 0.3) is 0 Å². The Hall–Kier alpha value is -1.62. The first-order valence-corrected chi connectivity index (χ1v) is 10.5. The van der Waals surface area contributed by atoms with Gasteiger partial charge < -0.3 is 0 Å². The standard InChI is InChI=1S/C18H15BrO4Se/c19-16-15(23-18(21)13-9-5-2-6-10-13)14(11-24-16)22-17(20)12-7-3-1-4-8-12/h1-10,14-16H,11H2/t14-,15+,16?/m0/s1. The van der Waals surface area contributed by atoms with Gasteiger partial charge in [0.1, 0.15) is 0 Å². The Morgan fingerprint density at radius 3 is 1.92 bits per heavy atom. The van der Waals surface area contributed by atoms with Gasteiger partial charge in [-0.15, -0.1) is 0 Å². The number of hydrogen-bond donors (Lipinski definition) is 0. The predicted molar refractivity (Wildman–Crippen MR) is 94.6 cm³/mol. The number of esters is 2.